The third-order valence-corrected chi connectivity index (χ3v) is 4.88. The maximum Gasteiger partial charge on any atom is 0.322 e. The van der Waals surface area contributed by atoms with Crippen LogP contribution in [0.2, 0.25) is 5.02 Å². The molecule has 6 nitrogen and oxygen atoms in total. The van der Waals surface area contributed by atoms with Crippen LogP contribution in [0, 0.1) is 0 Å². The zero-order chi connectivity index (χ0) is 19.2. The first-order chi connectivity index (χ1) is 13.1. The first kappa shape index (κ1) is 19.3. The number of nitrogens with one attached hydrogen (secondary N) is 1. The van der Waals surface area contributed by atoms with E-state index in [0.717, 1.165) is 30.9 Å². The van der Waals surface area contributed by atoms with E-state index in [1.807, 2.05) is 47.4 Å². The fourth-order valence-corrected chi connectivity index (χ4v) is 3.36. The molecule has 2 aromatic rings. The van der Waals surface area contributed by atoms with Gasteiger partial charge in [-0.25, -0.2) is 4.79 Å². The Morgan fingerprint density at radius 3 is 2.44 bits per heavy atom. The average molecular weight is 390 g/mol. The van der Waals surface area contributed by atoms with Gasteiger partial charge in [0.25, 0.3) is 0 Å². The lowest BCUT2D eigenvalue weighted by molar-refractivity contribution is 0.142. The molecule has 1 heterocycles. The van der Waals surface area contributed by atoms with Crippen LogP contribution in [-0.4, -0.2) is 56.2 Å². The molecule has 144 valence electrons. The molecule has 0 unspecified atom stereocenters. The number of urea groups is 1. The molecular weight excluding hydrogens is 366 g/mol. The van der Waals surface area contributed by atoms with E-state index in [0.29, 0.717) is 29.5 Å². The number of nitrogens with zero attached hydrogens (tertiary/aromatic N) is 2. The summed E-state index contributed by atoms with van der Waals surface area (Å²) in [6.45, 7) is 3.63. The van der Waals surface area contributed by atoms with Gasteiger partial charge in [-0.1, -0.05) is 23.7 Å². The number of hydrogen-bond donors (Lipinski definition) is 1. The van der Waals surface area contributed by atoms with E-state index >= 15 is 0 Å². The third-order valence-electron chi connectivity index (χ3n) is 4.64. The number of rotatable bonds is 5. The largest absolute Gasteiger partial charge is 0.496 e. The summed E-state index contributed by atoms with van der Waals surface area (Å²) in [6.07, 6.45) is 0. The Morgan fingerprint density at radius 2 is 1.74 bits per heavy atom. The number of amides is 2. The number of piperazine rings is 1. The van der Waals surface area contributed by atoms with Crippen LogP contribution >= 0.6 is 11.6 Å². The number of carbonyl (C=O) groups excluding carboxylic acids is 1. The molecule has 0 bridgehead atoms. The van der Waals surface area contributed by atoms with Crippen molar-refractivity contribution < 1.29 is 14.3 Å². The summed E-state index contributed by atoms with van der Waals surface area (Å²) < 4.78 is 10.7. The Labute approximate surface area is 164 Å². The number of ether oxygens (including phenoxy) is 2. The van der Waals surface area contributed by atoms with Crippen LogP contribution in [0.4, 0.5) is 10.5 Å². The van der Waals surface area contributed by atoms with E-state index < -0.39 is 0 Å². The SMILES string of the molecule is COc1ccc(Cl)cc1CN1CCN(C(=O)Nc2ccccc2OC)CC1. The van der Waals surface area contributed by atoms with Crippen molar-refractivity contribution in [2.24, 2.45) is 0 Å². The van der Waals surface area contributed by atoms with Crippen molar-refractivity contribution >= 4 is 23.3 Å². The number of halogens is 1. The summed E-state index contributed by atoms with van der Waals surface area (Å²) in [5, 5.41) is 3.62. The molecule has 0 aromatic heterocycles. The minimum absolute atomic E-state index is 0.112. The van der Waals surface area contributed by atoms with Crippen molar-refractivity contribution in [3.8, 4) is 11.5 Å². The molecule has 27 heavy (non-hydrogen) atoms. The normalized spacial score (nSPS) is 14.7. The lowest BCUT2D eigenvalue weighted by Crippen LogP contribution is -2.49. The zero-order valence-electron chi connectivity index (χ0n) is 15.6. The summed E-state index contributed by atoms with van der Waals surface area (Å²) in [6, 6.07) is 12.9. The molecule has 1 N–H and O–H groups in total. The van der Waals surface area contributed by atoms with Crippen LogP contribution in [0.1, 0.15) is 5.56 Å². The van der Waals surface area contributed by atoms with Crippen molar-refractivity contribution in [3.63, 3.8) is 0 Å². The Balaban J connectivity index is 1.56. The van der Waals surface area contributed by atoms with E-state index in [-0.39, 0.29) is 6.03 Å². The maximum absolute atomic E-state index is 12.5. The molecule has 0 aliphatic carbocycles. The predicted molar refractivity (Wildman–Crippen MR) is 107 cm³/mol. The highest BCUT2D eigenvalue weighted by Crippen LogP contribution is 2.25. The van der Waals surface area contributed by atoms with Crippen molar-refractivity contribution in [2.45, 2.75) is 6.54 Å². The van der Waals surface area contributed by atoms with Crippen LogP contribution in [-0.2, 0) is 6.54 Å². The molecule has 1 aliphatic heterocycles. The number of anilines is 1. The van der Waals surface area contributed by atoms with Crippen LogP contribution in [0.5, 0.6) is 11.5 Å². The minimum atomic E-state index is -0.112. The number of benzene rings is 2. The van der Waals surface area contributed by atoms with Crippen LogP contribution < -0.4 is 14.8 Å². The molecule has 3 rings (SSSR count). The number of carbonyl (C=O) groups is 1. The lowest BCUT2D eigenvalue weighted by atomic mass is 10.1. The smallest absolute Gasteiger partial charge is 0.322 e. The standard InChI is InChI=1S/C20H24ClN3O3/c1-26-18-8-7-16(21)13-15(18)14-23-9-11-24(12-10-23)20(25)22-17-5-3-4-6-19(17)27-2/h3-8,13H,9-12,14H2,1-2H3,(H,22,25). The highest BCUT2D eigenvalue weighted by atomic mass is 35.5. The first-order valence-corrected chi connectivity index (χ1v) is 9.22. The Kier molecular flexibility index (Phi) is 6.42. The van der Waals surface area contributed by atoms with Gasteiger partial charge in [-0.05, 0) is 30.3 Å². The molecule has 0 spiro atoms. The minimum Gasteiger partial charge on any atom is -0.496 e. The van der Waals surface area contributed by atoms with Gasteiger partial charge in [0, 0.05) is 43.3 Å². The maximum atomic E-state index is 12.5. The summed E-state index contributed by atoms with van der Waals surface area (Å²) >= 11 is 6.11. The van der Waals surface area contributed by atoms with Gasteiger partial charge < -0.3 is 19.7 Å². The van der Waals surface area contributed by atoms with Gasteiger partial charge in [-0.2, -0.15) is 0 Å². The van der Waals surface area contributed by atoms with Gasteiger partial charge in [0.2, 0.25) is 0 Å². The average Bonchev–Trinajstić information content (AvgIpc) is 2.69. The Bertz CT molecular complexity index is 792. The summed E-state index contributed by atoms with van der Waals surface area (Å²) in [7, 11) is 3.25. The summed E-state index contributed by atoms with van der Waals surface area (Å²) in [5.74, 6) is 1.48. The quantitative estimate of drug-likeness (QED) is 0.847. The molecule has 0 radical (unpaired) electrons. The molecule has 0 saturated carbocycles. The predicted octanol–water partition coefficient (Wildman–Crippen LogP) is 3.71. The molecule has 2 aromatic carbocycles. The van der Waals surface area contributed by atoms with Crippen molar-refractivity contribution in [1.82, 2.24) is 9.80 Å². The lowest BCUT2D eigenvalue weighted by Gasteiger charge is -2.35. The van der Waals surface area contributed by atoms with E-state index in [2.05, 4.69) is 10.2 Å². The fraction of sp³-hybridized carbons (Fsp3) is 0.350. The monoisotopic (exact) mass is 389 g/mol. The van der Waals surface area contributed by atoms with Gasteiger partial charge in [-0.15, -0.1) is 0 Å². The van der Waals surface area contributed by atoms with E-state index in [9.17, 15) is 4.79 Å². The van der Waals surface area contributed by atoms with Gasteiger partial charge >= 0.3 is 6.03 Å². The molecular formula is C20H24ClN3O3. The molecule has 1 saturated heterocycles. The second-order valence-electron chi connectivity index (χ2n) is 6.35. The second-order valence-corrected chi connectivity index (χ2v) is 6.79. The Hall–Kier alpha value is -2.44. The number of hydrogen-bond acceptors (Lipinski definition) is 4. The van der Waals surface area contributed by atoms with E-state index in [1.165, 1.54) is 0 Å². The molecule has 1 fully saturated rings. The van der Waals surface area contributed by atoms with Crippen molar-refractivity contribution in [2.75, 3.05) is 45.7 Å². The summed E-state index contributed by atoms with van der Waals surface area (Å²) in [5.41, 5.74) is 1.73. The zero-order valence-corrected chi connectivity index (χ0v) is 16.3. The van der Waals surface area contributed by atoms with E-state index in [4.69, 9.17) is 21.1 Å². The fourth-order valence-electron chi connectivity index (χ4n) is 3.16. The number of para-hydroxylation sites is 2. The molecule has 1 aliphatic rings. The molecule has 7 heteroatoms. The highest BCUT2D eigenvalue weighted by molar-refractivity contribution is 6.30. The van der Waals surface area contributed by atoms with Crippen molar-refractivity contribution in [1.29, 1.82) is 0 Å². The van der Waals surface area contributed by atoms with Gasteiger partial charge in [0.15, 0.2) is 0 Å². The topological polar surface area (TPSA) is 54.0 Å². The Morgan fingerprint density at radius 1 is 1.04 bits per heavy atom. The second kappa shape index (κ2) is 8.97. The van der Waals surface area contributed by atoms with Gasteiger partial charge in [0.1, 0.15) is 11.5 Å². The third kappa shape index (κ3) is 4.84. The van der Waals surface area contributed by atoms with Crippen LogP contribution in [0.25, 0.3) is 0 Å². The van der Waals surface area contributed by atoms with Gasteiger partial charge in [-0.3, -0.25) is 4.90 Å². The summed E-state index contributed by atoms with van der Waals surface area (Å²) in [4.78, 5) is 16.7. The molecule has 0 atom stereocenters. The van der Waals surface area contributed by atoms with Crippen molar-refractivity contribution in [3.05, 3.63) is 53.1 Å². The highest BCUT2D eigenvalue weighted by Gasteiger charge is 2.22. The van der Waals surface area contributed by atoms with Gasteiger partial charge in [0.05, 0.1) is 19.9 Å². The van der Waals surface area contributed by atoms with E-state index in [1.54, 1.807) is 14.2 Å². The first-order valence-electron chi connectivity index (χ1n) is 8.84. The van der Waals surface area contributed by atoms with Crippen LogP contribution in [0.3, 0.4) is 0 Å². The van der Waals surface area contributed by atoms with Crippen LogP contribution in [0.15, 0.2) is 42.5 Å². The molecule has 2 amide bonds. The number of methoxy groups -OCH3 is 2.